The summed E-state index contributed by atoms with van der Waals surface area (Å²) in [6, 6.07) is 60.0. The van der Waals surface area contributed by atoms with E-state index in [9.17, 15) is 0 Å². The van der Waals surface area contributed by atoms with Gasteiger partial charge in [-0.05, 0) is 93.1 Å². The summed E-state index contributed by atoms with van der Waals surface area (Å²) in [5.74, 6) is 0. The van der Waals surface area contributed by atoms with Crippen LogP contribution in [0.4, 0.5) is 17.1 Å². The van der Waals surface area contributed by atoms with Crippen molar-refractivity contribution in [2.24, 2.45) is 0 Å². The van der Waals surface area contributed by atoms with Gasteiger partial charge < -0.3 is 4.90 Å². The van der Waals surface area contributed by atoms with E-state index in [4.69, 9.17) is 0 Å². The predicted octanol–water partition coefficient (Wildman–Crippen LogP) is 12.3. The lowest BCUT2D eigenvalue weighted by Gasteiger charge is -2.34. The van der Waals surface area contributed by atoms with Crippen molar-refractivity contribution in [3.05, 3.63) is 210 Å². The first kappa shape index (κ1) is 29.5. The van der Waals surface area contributed by atoms with Crippen LogP contribution in [0.15, 0.2) is 177 Å². The van der Waals surface area contributed by atoms with Crippen molar-refractivity contribution in [3.8, 4) is 11.1 Å². The Kier molecular flexibility index (Phi) is 7.59. The molecule has 0 unspecified atom stereocenters. The molecule has 0 fully saturated rings. The third-order valence-corrected chi connectivity index (χ3v) is 9.97. The largest absolute Gasteiger partial charge is 0.310 e. The van der Waals surface area contributed by atoms with Gasteiger partial charge in [-0.2, -0.15) is 0 Å². The van der Waals surface area contributed by atoms with Gasteiger partial charge in [-0.3, -0.25) is 0 Å². The zero-order valence-corrected chi connectivity index (χ0v) is 27.0. The van der Waals surface area contributed by atoms with Gasteiger partial charge in [-0.1, -0.05) is 159 Å². The number of para-hydroxylation sites is 1. The third-order valence-electron chi connectivity index (χ3n) is 9.97. The zero-order chi connectivity index (χ0) is 32.5. The third kappa shape index (κ3) is 5.14. The highest BCUT2D eigenvalue weighted by Crippen LogP contribution is 2.54. The number of rotatable bonds is 9. The van der Waals surface area contributed by atoms with Gasteiger partial charge in [-0.15, -0.1) is 0 Å². The molecule has 8 rings (SSSR count). The van der Waals surface area contributed by atoms with Gasteiger partial charge in [0, 0.05) is 22.2 Å². The molecule has 7 aromatic carbocycles. The molecule has 0 atom stereocenters. The molecule has 1 nitrogen and oxygen atoms in total. The number of hydrogen-bond acceptors (Lipinski definition) is 1. The quantitative estimate of drug-likeness (QED) is 0.156. The first-order valence-corrected chi connectivity index (χ1v) is 16.7. The van der Waals surface area contributed by atoms with Crippen LogP contribution in [0.1, 0.15) is 33.4 Å². The Balaban J connectivity index is 1.37. The van der Waals surface area contributed by atoms with Crippen LogP contribution in [0.5, 0.6) is 0 Å². The summed E-state index contributed by atoms with van der Waals surface area (Å²) in [5, 5.41) is 2.45. The lowest BCUT2D eigenvalue weighted by Crippen LogP contribution is -2.31. The van der Waals surface area contributed by atoms with Crippen molar-refractivity contribution >= 4 is 40.0 Å². The molecule has 0 saturated heterocycles. The maximum atomic E-state index is 3.99. The van der Waals surface area contributed by atoms with E-state index in [-0.39, 0.29) is 5.41 Å². The van der Waals surface area contributed by atoms with Crippen LogP contribution >= 0.6 is 0 Å². The van der Waals surface area contributed by atoms with Crippen molar-refractivity contribution in [1.29, 1.82) is 0 Å². The second-order valence-corrected chi connectivity index (χ2v) is 12.8. The number of fused-ring (bicyclic) bond motifs is 4. The van der Waals surface area contributed by atoms with Crippen molar-refractivity contribution in [3.63, 3.8) is 0 Å². The molecule has 0 aromatic heterocycles. The zero-order valence-electron chi connectivity index (χ0n) is 27.0. The summed E-state index contributed by atoms with van der Waals surface area (Å²) >= 11 is 0. The Labute approximate surface area is 283 Å². The van der Waals surface area contributed by atoms with E-state index in [0.717, 1.165) is 35.3 Å². The second-order valence-electron chi connectivity index (χ2n) is 12.8. The number of hydrogen-bond donors (Lipinski definition) is 0. The topological polar surface area (TPSA) is 3.24 Å². The minimum atomic E-state index is -0.283. The van der Waals surface area contributed by atoms with Crippen LogP contribution < -0.4 is 4.90 Å². The van der Waals surface area contributed by atoms with E-state index in [1.165, 1.54) is 49.8 Å². The monoisotopic (exact) mass is 615 g/mol. The van der Waals surface area contributed by atoms with Crippen molar-refractivity contribution in [2.45, 2.75) is 18.3 Å². The molecule has 0 saturated carbocycles. The first-order chi connectivity index (χ1) is 23.7. The van der Waals surface area contributed by atoms with Gasteiger partial charge in [0.25, 0.3) is 0 Å². The van der Waals surface area contributed by atoms with Gasteiger partial charge in [-0.25, -0.2) is 0 Å². The Morgan fingerprint density at radius 3 is 1.75 bits per heavy atom. The van der Waals surface area contributed by atoms with Crippen molar-refractivity contribution in [1.82, 2.24) is 0 Å². The Morgan fingerprint density at radius 2 is 1.06 bits per heavy atom. The highest BCUT2D eigenvalue weighted by Gasteiger charge is 2.43. The molecule has 0 bridgehead atoms. The molecule has 7 aromatic rings. The van der Waals surface area contributed by atoms with Gasteiger partial charge in [0.1, 0.15) is 0 Å². The lowest BCUT2D eigenvalue weighted by atomic mass is 9.69. The molecule has 0 aliphatic heterocycles. The predicted molar refractivity (Wildman–Crippen MR) is 205 cm³/mol. The summed E-state index contributed by atoms with van der Waals surface area (Å²) in [5.41, 5.74) is 13.4. The molecule has 1 aliphatic carbocycles. The van der Waals surface area contributed by atoms with E-state index in [1.54, 1.807) is 0 Å². The Bertz CT molecular complexity index is 2200. The number of benzene rings is 7. The minimum Gasteiger partial charge on any atom is -0.310 e. The van der Waals surface area contributed by atoms with Crippen LogP contribution in [0.3, 0.4) is 0 Å². The molecule has 0 N–H and O–H groups in total. The molecular formula is C47H37N. The maximum Gasteiger partial charge on any atom is 0.0540 e. The highest BCUT2D eigenvalue weighted by molar-refractivity contribution is 5.99. The fourth-order valence-electron chi connectivity index (χ4n) is 7.67. The summed E-state index contributed by atoms with van der Waals surface area (Å²) in [7, 11) is 0. The van der Waals surface area contributed by atoms with E-state index in [2.05, 4.69) is 182 Å². The maximum absolute atomic E-state index is 3.99. The molecule has 1 aliphatic rings. The van der Waals surface area contributed by atoms with Crippen LogP contribution in [-0.2, 0) is 18.3 Å². The molecule has 0 radical (unpaired) electrons. The molecule has 0 amide bonds. The average molecular weight is 616 g/mol. The molecule has 48 heavy (non-hydrogen) atoms. The molecular weight excluding hydrogens is 579 g/mol. The van der Waals surface area contributed by atoms with Crippen LogP contribution in [0.25, 0.3) is 34.1 Å². The van der Waals surface area contributed by atoms with Crippen LogP contribution in [-0.4, -0.2) is 0 Å². The fraction of sp³-hybridized carbons (Fsp3) is 0.0638. The minimum absolute atomic E-state index is 0.283. The molecule has 0 heterocycles. The van der Waals surface area contributed by atoms with E-state index in [1.807, 2.05) is 12.2 Å². The molecule has 0 spiro atoms. The van der Waals surface area contributed by atoms with Gasteiger partial charge in [0.2, 0.25) is 0 Å². The van der Waals surface area contributed by atoms with Gasteiger partial charge in [0.05, 0.1) is 5.69 Å². The van der Waals surface area contributed by atoms with Crippen LogP contribution in [0, 0.1) is 0 Å². The van der Waals surface area contributed by atoms with Crippen molar-refractivity contribution in [2.75, 3.05) is 4.90 Å². The van der Waals surface area contributed by atoms with Gasteiger partial charge in [0.15, 0.2) is 0 Å². The average Bonchev–Trinajstić information content (AvgIpc) is 3.41. The van der Waals surface area contributed by atoms with E-state index >= 15 is 0 Å². The SMILES string of the molecule is C=Cc1ccc(CC2(Cc3ccc(C=C)cc3)c3ccccc3-c3ccc(N(c4ccccc4)c4cccc5ccccc45)cc32)cc1. The second kappa shape index (κ2) is 12.4. The normalized spacial score (nSPS) is 12.7. The molecule has 230 valence electrons. The summed E-state index contributed by atoms with van der Waals surface area (Å²) in [6.07, 6.45) is 5.58. The lowest BCUT2D eigenvalue weighted by molar-refractivity contribution is 0.520. The number of anilines is 3. The van der Waals surface area contributed by atoms with E-state index in [0.29, 0.717) is 0 Å². The fourth-order valence-corrected chi connectivity index (χ4v) is 7.67. The van der Waals surface area contributed by atoms with Gasteiger partial charge >= 0.3 is 0 Å². The summed E-state index contributed by atoms with van der Waals surface area (Å²) < 4.78 is 0. The van der Waals surface area contributed by atoms with E-state index < -0.39 is 0 Å². The Hall–Kier alpha value is -5.92. The highest BCUT2D eigenvalue weighted by atomic mass is 15.1. The summed E-state index contributed by atoms with van der Waals surface area (Å²) in [6.45, 7) is 7.98. The Morgan fingerprint density at radius 1 is 0.479 bits per heavy atom. The standard InChI is InChI=1S/C47H37N/c1-3-34-21-25-36(26-22-34)32-47(33-37-27-23-35(4-2)24-28-37)44-19-11-10-18-42(44)43-30-29-40(31-45(43)47)48(39-15-6-5-7-16-39)46-20-12-14-38-13-8-9-17-41(38)46/h3-31H,1-2,32-33H2. The molecule has 1 heteroatoms. The number of nitrogens with zero attached hydrogens (tertiary/aromatic N) is 1. The van der Waals surface area contributed by atoms with Crippen molar-refractivity contribution < 1.29 is 0 Å². The smallest absolute Gasteiger partial charge is 0.0540 e. The first-order valence-electron chi connectivity index (χ1n) is 16.7. The summed E-state index contributed by atoms with van der Waals surface area (Å²) in [4.78, 5) is 2.42. The van der Waals surface area contributed by atoms with Crippen LogP contribution in [0.2, 0.25) is 0 Å².